The van der Waals surface area contributed by atoms with Crippen LogP contribution in [-0.2, 0) is 16.6 Å². The van der Waals surface area contributed by atoms with Crippen molar-refractivity contribution in [1.82, 2.24) is 0 Å². The van der Waals surface area contributed by atoms with Gasteiger partial charge in [0.1, 0.15) is 0 Å². The Morgan fingerprint density at radius 3 is 2.40 bits per heavy atom. The summed E-state index contributed by atoms with van der Waals surface area (Å²) in [5.41, 5.74) is 1.86. The van der Waals surface area contributed by atoms with Gasteiger partial charge < -0.3 is 5.11 Å². The van der Waals surface area contributed by atoms with Crippen molar-refractivity contribution in [3.63, 3.8) is 0 Å². The van der Waals surface area contributed by atoms with Gasteiger partial charge in [-0.2, -0.15) is 0 Å². The number of hydrogen-bond acceptors (Lipinski definition) is 3. The molecule has 0 heterocycles. The second kappa shape index (κ2) is 5.95. The zero-order valence-corrected chi connectivity index (χ0v) is 13.2. The van der Waals surface area contributed by atoms with E-state index < -0.39 is 10.0 Å². The molecule has 0 spiro atoms. The monoisotopic (exact) mass is 355 g/mol. The van der Waals surface area contributed by atoms with Crippen LogP contribution < -0.4 is 4.72 Å². The number of halogens is 1. The van der Waals surface area contributed by atoms with Crippen molar-refractivity contribution in [2.45, 2.75) is 18.4 Å². The fourth-order valence-corrected chi connectivity index (χ4v) is 3.59. The highest BCUT2D eigenvalue weighted by molar-refractivity contribution is 9.10. The summed E-state index contributed by atoms with van der Waals surface area (Å²) in [4.78, 5) is 0.234. The maximum absolute atomic E-state index is 12.3. The summed E-state index contributed by atoms with van der Waals surface area (Å²) in [5.74, 6) is 0. The lowest BCUT2D eigenvalue weighted by molar-refractivity contribution is 0.282. The highest BCUT2D eigenvalue weighted by Crippen LogP contribution is 2.23. The van der Waals surface area contributed by atoms with Gasteiger partial charge in [-0.25, -0.2) is 8.42 Å². The molecule has 0 aliphatic rings. The Morgan fingerprint density at radius 1 is 1.15 bits per heavy atom. The van der Waals surface area contributed by atoms with Gasteiger partial charge in [0.25, 0.3) is 10.0 Å². The molecule has 4 nitrogen and oxygen atoms in total. The van der Waals surface area contributed by atoms with Crippen LogP contribution in [0.15, 0.2) is 51.8 Å². The van der Waals surface area contributed by atoms with Gasteiger partial charge in [0, 0.05) is 10.2 Å². The van der Waals surface area contributed by atoms with Crippen LogP contribution in [0.3, 0.4) is 0 Å². The van der Waals surface area contributed by atoms with Gasteiger partial charge in [-0.05, 0) is 42.3 Å². The molecule has 0 aliphatic heterocycles. The highest BCUT2D eigenvalue weighted by atomic mass is 79.9. The molecule has 6 heteroatoms. The summed E-state index contributed by atoms with van der Waals surface area (Å²) < 4.78 is 27.9. The topological polar surface area (TPSA) is 66.4 Å². The molecule has 2 N–H and O–H groups in total. The Balaban J connectivity index is 2.32. The van der Waals surface area contributed by atoms with Crippen LogP contribution in [0.2, 0.25) is 0 Å². The first kappa shape index (κ1) is 15.0. The molecule has 0 atom stereocenters. The molecule has 106 valence electrons. The summed E-state index contributed by atoms with van der Waals surface area (Å²) in [7, 11) is -3.63. The number of nitrogens with one attached hydrogen (secondary N) is 1. The van der Waals surface area contributed by atoms with Gasteiger partial charge in [-0.3, -0.25) is 4.72 Å². The van der Waals surface area contributed by atoms with E-state index in [1.165, 1.54) is 0 Å². The number of aliphatic hydroxyl groups excluding tert-OH is 1. The number of anilines is 1. The van der Waals surface area contributed by atoms with Crippen LogP contribution in [0.25, 0.3) is 0 Å². The van der Waals surface area contributed by atoms with Crippen LogP contribution in [-0.4, -0.2) is 13.5 Å². The molecule has 0 aliphatic carbocycles. The van der Waals surface area contributed by atoms with Gasteiger partial charge in [0.2, 0.25) is 0 Å². The quantitative estimate of drug-likeness (QED) is 0.885. The molecule has 0 unspecified atom stereocenters. The Kier molecular flexibility index (Phi) is 4.47. The predicted octanol–water partition coefficient (Wildman–Crippen LogP) is 3.05. The largest absolute Gasteiger partial charge is 0.392 e. The van der Waals surface area contributed by atoms with E-state index in [0.717, 1.165) is 5.56 Å². The van der Waals surface area contributed by atoms with Crippen molar-refractivity contribution in [2.75, 3.05) is 4.72 Å². The minimum atomic E-state index is -3.63. The summed E-state index contributed by atoms with van der Waals surface area (Å²) in [5, 5.41) is 8.96. The number of benzene rings is 2. The Hall–Kier alpha value is -1.37. The molecule has 0 aromatic heterocycles. The van der Waals surface area contributed by atoms with Crippen molar-refractivity contribution in [1.29, 1.82) is 0 Å². The van der Waals surface area contributed by atoms with Crippen molar-refractivity contribution >= 4 is 31.6 Å². The van der Waals surface area contributed by atoms with E-state index in [2.05, 4.69) is 20.7 Å². The first-order valence-electron chi connectivity index (χ1n) is 5.91. The van der Waals surface area contributed by atoms with Crippen molar-refractivity contribution in [3.8, 4) is 0 Å². The fraction of sp³-hybridized carbons (Fsp3) is 0.143. The van der Waals surface area contributed by atoms with Gasteiger partial charge in [-0.1, -0.05) is 34.1 Å². The van der Waals surface area contributed by atoms with Gasteiger partial charge >= 0.3 is 0 Å². The lowest BCUT2D eigenvalue weighted by atomic mass is 10.2. The molecule has 0 bridgehead atoms. The first-order valence-corrected chi connectivity index (χ1v) is 8.19. The normalized spacial score (nSPS) is 11.3. The van der Waals surface area contributed by atoms with Crippen LogP contribution in [0.5, 0.6) is 0 Å². The van der Waals surface area contributed by atoms with Crippen LogP contribution in [0, 0.1) is 6.92 Å². The number of rotatable bonds is 4. The van der Waals surface area contributed by atoms with Crippen molar-refractivity contribution < 1.29 is 13.5 Å². The third kappa shape index (κ3) is 3.39. The van der Waals surface area contributed by atoms with Crippen LogP contribution in [0.1, 0.15) is 11.1 Å². The molecular formula is C14H14BrNO3S. The molecule has 0 saturated heterocycles. The molecular weight excluding hydrogens is 342 g/mol. The molecule has 2 rings (SSSR count). The molecule has 20 heavy (non-hydrogen) atoms. The van der Waals surface area contributed by atoms with Crippen molar-refractivity contribution in [2.24, 2.45) is 0 Å². The molecule has 2 aromatic rings. The van der Waals surface area contributed by atoms with E-state index in [4.69, 9.17) is 5.11 Å². The summed E-state index contributed by atoms with van der Waals surface area (Å²) in [6.07, 6.45) is 0. The zero-order valence-electron chi connectivity index (χ0n) is 10.8. The lowest BCUT2D eigenvalue weighted by Gasteiger charge is -2.11. The van der Waals surface area contributed by atoms with Crippen molar-refractivity contribution in [3.05, 3.63) is 58.1 Å². The van der Waals surface area contributed by atoms with E-state index >= 15 is 0 Å². The number of aliphatic hydroxyl groups is 1. The minimum absolute atomic E-state index is 0.0717. The van der Waals surface area contributed by atoms with Crippen LogP contribution in [0.4, 0.5) is 5.69 Å². The fourth-order valence-electron chi connectivity index (χ4n) is 1.75. The van der Waals surface area contributed by atoms with E-state index in [-0.39, 0.29) is 11.5 Å². The molecule has 0 radical (unpaired) electrons. The Labute approximate surface area is 126 Å². The number of sulfonamides is 1. The molecule has 0 saturated carbocycles. The molecule has 0 fully saturated rings. The van der Waals surface area contributed by atoms with Gasteiger partial charge in [0.15, 0.2) is 0 Å². The van der Waals surface area contributed by atoms with Gasteiger partial charge in [0.05, 0.1) is 11.5 Å². The maximum atomic E-state index is 12.3. The van der Waals surface area contributed by atoms with Crippen LogP contribution >= 0.6 is 15.9 Å². The average Bonchev–Trinajstić information content (AvgIpc) is 2.42. The average molecular weight is 356 g/mol. The third-order valence-electron chi connectivity index (χ3n) is 2.83. The second-order valence-electron chi connectivity index (χ2n) is 4.37. The Bertz CT molecular complexity index is 712. The second-order valence-corrected chi connectivity index (χ2v) is 6.94. The highest BCUT2D eigenvalue weighted by Gasteiger charge is 2.17. The maximum Gasteiger partial charge on any atom is 0.262 e. The third-order valence-corrected chi connectivity index (χ3v) is 4.84. The first-order chi connectivity index (χ1) is 9.42. The summed E-state index contributed by atoms with van der Waals surface area (Å²) in [6.45, 7) is 1.67. The van der Waals surface area contributed by atoms with E-state index in [0.29, 0.717) is 15.7 Å². The SMILES string of the molecule is Cc1ccc(Br)cc1S(=O)(=O)Nc1ccc(CO)cc1. The van der Waals surface area contributed by atoms with E-state index in [9.17, 15) is 8.42 Å². The molecule has 0 amide bonds. The van der Waals surface area contributed by atoms with E-state index in [1.54, 1.807) is 49.4 Å². The standard InChI is InChI=1S/C14H14BrNO3S/c1-10-2-5-12(15)8-14(10)20(18,19)16-13-6-3-11(9-17)4-7-13/h2-8,16-17H,9H2,1H3. The van der Waals surface area contributed by atoms with Gasteiger partial charge in [-0.15, -0.1) is 0 Å². The summed E-state index contributed by atoms with van der Waals surface area (Å²) >= 11 is 3.27. The Morgan fingerprint density at radius 2 is 1.80 bits per heavy atom. The zero-order chi connectivity index (χ0) is 14.8. The van der Waals surface area contributed by atoms with E-state index in [1.807, 2.05) is 0 Å². The minimum Gasteiger partial charge on any atom is -0.392 e. The lowest BCUT2D eigenvalue weighted by Crippen LogP contribution is -2.14. The predicted molar refractivity (Wildman–Crippen MR) is 82.1 cm³/mol. The smallest absolute Gasteiger partial charge is 0.262 e. The number of aryl methyl sites for hydroxylation is 1. The molecule has 2 aromatic carbocycles. The number of hydrogen-bond donors (Lipinski definition) is 2. The summed E-state index contributed by atoms with van der Waals surface area (Å²) in [6, 6.07) is 11.7.